The van der Waals surface area contributed by atoms with Crippen LogP contribution in [0.25, 0.3) is 0 Å². The highest BCUT2D eigenvalue weighted by Gasteiger charge is 2.60. The highest BCUT2D eigenvalue weighted by Crippen LogP contribution is 2.70. The Hall–Kier alpha value is -1.26. The summed E-state index contributed by atoms with van der Waals surface area (Å²) in [5.41, 5.74) is 9.14. The first-order chi connectivity index (χ1) is 29.2. The molecule has 11 rings (SSSR count). The lowest BCUT2D eigenvalue weighted by atomic mass is 9.41. The molecule has 2 N–H and O–H groups in total. The molecule has 9 fully saturated rings. The summed E-state index contributed by atoms with van der Waals surface area (Å²) < 4.78 is 0. The highest BCUT2D eigenvalue weighted by atomic mass is 32.2. The zero-order chi connectivity index (χ0) is 44.0. The maximum atomic E-state index is 12.6. The summed E-state index contributed by atoms with van der Waals surface area (Å²) in [5, 5.41) is 26.3. The average molecular weight is 881 g/mol. The third-order valence-corrected chi connectivity index (χ3v) is 21.5. The number of phenols is 2. The Bertz CT molecular complexity index is 1760. The molecule has 9 aliphatic carbocycles. The van der Waals surface area contributed by atoms with Gasteiger partial charge in [-0.05, 0) is 171 Å². The van der Waals surface area contributed by atoms with Gasteiger partial charge in [0.25, 0.3) is 0 Å². The van der Waals surface area contributed by atoms with Gasteiger partial charge in [0.15, 0.2) is 0 Å². The minimum atomic E-state index is 0.0338. The van der Waals surface area contributed by atoms with Crippen molar-refractivity contribution in [1.29, 1.82) is 0 Å². The van der Waals surface area contributed by atoms with Crippen LogP contribution in [0, 0.1) is 46.3 Å². The van der Waals surface area contributed by atoms with E-state index in [-0.39, 0.29) is 21.7 Å². The maximum Gasteiger partial charge on any atom is 0.123 e. The Labute approximate surface area is 388 Å². The molecule has 0 heterocycles. The van der Waals surface area contributed by atoms with E-state index < -0.39 is 0 Å². The minimum absolute atomic E-state index is 0.0338. The van der Waals surface area contributed by atoms with Crippen LogP contribution in [0.5, 0.6) is 11.5 Å². The molecule has 8 bridgehead atoms. The molecule has 4 heteroatoms. The first kappa shape index (κ1) is 45.9. The number of aromatic hydroxyl groups is 2. The quantitative estimate of drug-likeness (QED) is 0.223. The van der Waals surface area contributed by atoms with Gasteiger partial charge in [0.05, 0.1) is 0 Å². The van der Waals surface area contributed by atoms with Crippen LogP contribution in [0.3, 0.4) is 0 Å². The number of hydrogen-bond donors (Lipinski definition) is 2. The zero-order valence-corrected chi connectivity index (χ0v) is 42.8. The van der Waals surface area contributed by atoms with E-state index in [2.05, 4.69) is 117 Å². The fourth-order valence-corrected chi connectivity index (χ4v) is 20.3. The lowest BCUT2D eigenvalue weighted by molar-refractivity contribution is -0.0823. The van der Waals surface area contributed by atoms with Crippen LogP contribution in [0.1, 0.15) is 231 Å². The van der Waals surface area contributed by atoms with Gasteiger partial charge in [-0.25, -0.2) is 0 Å². The Kier molecular flexibility index (Phi) is 12.4. The SMILES string of the molecule is CC(C)CC12CC3CC(C1)CC(c1cc(C(C)(C)C)cc(CSC4CCCCCCC4SCc4cc(C(C)(C)C)cc(C56CC7CC(CC(CC(C)C)(C7)C5)C6)c4O)c1O)(C3)C2. The second kappa shape index (κ2) is 16.8. The molecule has 9 aliphatic rings. The van der Waals surface area contributed by atoms with Crippen LogP contribution >= 0.6 is 23.5 Å². The second-order valence-electron chi connectivity index (χ2n) is 26.9. The fourth-order valence-electron chi connectivity index (χ4n) is 17.2. The van der Waals surface area contributed by atoms with Crippen molar-refractivity contribution in [3.05, 3.63) is 57.6 Å². The third kappa shape index (κ3) is 8.97. The van der Waals surface area contributed by atoms with E-state index in [1.54, 1.807) is 0 Å². The maximum absolute atomic E-state index is 12.6. The molecule has 0 aliphatic heterocycles. The fraction of sp³-hybridized carbons (Fsp3) is 0.793. The van der Waals surface area contributed by atoms with Crippen molar-refractivity contribution >= 4 is 23.5 Å². The summed E-state index contributed by atoms with van der Waals surface area (Å²) >= 11 is 4.31. The van der Waals surface area contributed by atoms with E-state index in [9.17, 15) is 10.2 Å². The minimum Gasteiger partial charge on any atom is -0.507 e. The van der Waals surface area contributed by atoms with E-state index >= 15 is 0 Å². The van der Waals surface area contributed by atoms with Crippen molar-refractivity contribution in [3.63, 3.8) is 0 Å². The van der Waals surface area contributed by atoms with Gasteiger partial charge in [0.2, 0.25) is 0 Å². The summed E-state index contributed by atoms with van der Waals surface area (Å²) in [4.78, 5) is 0. The van der Waals surface area contributed by atoms with Gasteiger partial charge in [0.1, 0.15) is 11.5 Å². The van der Waals surface area contributed by atoms with Gasteiger partial charge in [-0.2, -0.15) is 23.5 Å². The number of benzene rings is 2. The predicted octanol–water partition coefficient (Wildman–Crippen LogP) is 16.7. The normalized spacial score (nSPS) is 36.8. The summed E-state index contributed by atoms with van der Waals surface area (Å²) in [6.07, 6.45) is 26.7. The summed E-state index contributed by atoms with van der Waals surface area (Å²) in [7, 11) is 0. The van der Waals surface area contributed by atoms with E-state index in [1.807, 2.05) is 0 Å². The number of hydrogen-bond acceptors (Lipinski definition) is 4. The van der Waals surface area contributed by atoms with E-state index in [4.69, 9.17) is 0 Å². The lowest BCUT2D eigenvalue weighted by Gasteiger charge is -2.63. The van der Waals surface area contributed by atoms with Crippen LogP contribution in [0.15, 0.2) is 24.3 Å². The van der Waals surface area contributed by atoms with Crippen molar-refractivity contribution in [3.8, 4) is 11.5 Å². The summed E-state index contributed by atoms with van der Waals surface area (Å²) in [5.74, 6) is 7.85. The molecule has 9 saturated carbocycles. The molecular weight excluding hydrogens is 793 g/mol. The highest BCUT2D eigenvalue weighted by molar-refractivity contribution is 8.03. The van der Waals surface area contributed by atoms with Gasteiger partial charge >= 0.3 is 0 Å². The molecule has 0 saturated heterocycles. The van der Waals surface area contributed by atoms with Gasteiger partial charge < -0.3 is 10.2 Å². The Morgan fingerprint density at radius 1 is 0.532 bits per heavy atom. The number of phenolic OH excluding ortho intramolecular Hbond substituents is 2. The van der Waals surface area contributed by atoms with Gasteiger partial charge in [0, 0.05) is 55.1 Å². The molecule has 6 unspecified atom stereocenters. The van der Waals surface area contributed by atoms with Crippen LogP contribution < -0.4 is 0 Å². The molecule has 0 spiro atoms. The first-order valence-corrected chi connectivity index (χ1v) is 28.2. The predicted molar refractivity (Wildman–Crippen MR) is 268 cm³/mol. The summed E-state index contributed by atoms with van der Waals surface area (Å²) in [6.45, 7) is 24.0. The summed E-state index contributed by atoms with van der Waals surface area (Å²) in [6, 6.07) is 9.81. The van der Waals surface area contributed by atoms with Crippen LogP contribution in [-0.2, 0) is 33.2 Å². The monoisotopic (exact) mass is 881 g/mol. The second-order valence-corrected chi connectivity index (χ2v) is 29.4. The number of rotatable bonds is 12. The van der Waals surface area contributed by atoms with Crippen molar-refractivity contribution < 1.29 is 10.2 Å². The third-order valence-electron chi connectivity index (χ3n) is 18.3. The molecule has 0 amide bonds. The molecular formula is C58H88O2S2. The molecule has 6 atom stereocenters. The van der Waals surface area contributed by atoms with Gasteiger partial charge in [-0.1, -0.05) is 119 Å². The molecule has 0 aromatic heterocycles. The lowest BCUT2D eigenvalue weighted by Crippen LogP contribution is -2.54. The van der Waals surface area contributed by atoms with Gasteiger partial charge in [-0.15, -0.1) is 0 Å². The Morgan fingerprint density at radius 2 is 0.887 bits per heavy atom. The van der Waals surface area contributed by atoms with E-state index in [0.717, 1.165) is 47.0 Å². The van der Waals surface area contributed by atoms with E-state index in [1.165, 1.54) is 162 Å². The van der Waals surface area contributed by atoms with Crippen LogP contribution in [0.2, 0.25) is 0 Å². The Morgan fingerprint density at radius 3 is 1.21 bits per heavy atom. The standard InChI is InChI=1S/C58H88O2S2/c1-37(2)23-55-25-39-17-40(26-55)30-57(29-39,35-55)47-21-45(53(5,6)7)19-43(51(47)59)33-61-49-15-13-11-12-14-16-50(49)62-34-44-20-46(54(8,9)10)22-48(52(44)60)58-31-41-18-42(32-58)28-56(27-41,36-58)24-38(3)4/h19-22,37-42,49-50,59-60H,11-18,23-36H2,1-10H3. The molecule has 2 nitrogen and oxygen atoms in total. The average Bonchev–Trinajstić information content (AvgIpc) is 3.12. The van der Waals surface area contributed by atoms with E-state index in [0.29, 0.717) is 32.8 Å². The van der Waals surface area contributed by atoms with Crippen molar-refractivity contribution in [2.24, 2.45) is 46.3 Å². The largest absolute Gasteiger partial charge is 0.507 e. The molecule has 0 radical (unpaired) electrons. The molecule has 344 valence electrons. The van der Waals surface area contributed by atoms with Crippen LogP contribution in [0.4, 0.5) is 0 Å². The van der Waals surface area contributed by atoms with Crippen molar-refractivity contribution in [1.82, 2.24) is 0 Å². The topological polar surface area (TPSA) is 40.5 Å². The number of thioether (sulfide) groups is 2. The molecule has 2 aromatic rings. The van der Waals surface area contributed by atoms with Gasteiger partial charge in [-0.3, -0.25) is 0 Å². The van der Waals surface area contributed by atoms with Crippen molar-refractivity contribution in [2.45, 2.75) is 241 Å². The zero-order valence-electron chi connectivity index (χ0n) is 41.2. The van der Waals surface area contributed by atoms with Crippen molar-refractivity contribution in [2.75, 3.05) is 0 Å². The van der Waals surface area contributed by atoms with Crippen LogP contribution in [-0.4, -0.2) is 20.7 Å². The molecule has 2 aromatic carbocycles. The smallest absolute Gasteiger partial charge is 0.123 e. The molecule has 62 heavy (non-hydrogen) atoms. The Balaban J connectivity index is 0.989. The first-order valence-electron chi connectivity index (χ1n) is 26.1.